The van der Waals surface area contributed by atoms with Crippen LogP contribution in [0.3, 0.4) is 0 Å². The van der Waals surface area contributed by atoms with Crippen LogP contribution in [0.15, 0.2) is 36.4 Å². The van der Waals surface area contributed by atoms with Crippen LogP contribution in [0, 0.1) is 13.8 Å². The molecule has 0 heterocycles. The molecule has 0 aliphatic heterocycles. The van der Waals surface area contributed by atoms with Gasteiger partial charge in [0.1, 0.15) is 11.5 Å². The van der Waals surface area contributed by atoms with Gasteiger partial charge in [0.05, 0.1) is 20.3 Å². The second-order valence-electron chi connectivity index (χ2n) is 4.90. The summed E-state index contributed by atoms with van der Waals surface area (Å²) in [7, 11) is 3.35. The van der Waals surface area contributed by atoms with E-state index in [1.165, 1.54) is 0 Å². The fourth-order valence-electron chi connectivity index (χ4n) is 2.46. The summed E-state index contributed by atoms with van der Waals surface area (Å²) in [4.78, 5) is 0. The predicted molar refractivity (Wildman–Crippen MR) is 81.5 cm³/mol. The highest BCUT2D eigenvalue weighted by molar-refractivity contribution is 5.48. The third-order valence-electron chi connectivity index (χ3n) is 3.59. The molecule has 1 unspecified atom stereocenters. The number of methoxy groups -OCH3 is 2. The van der Waals surface area contributed by atoms with Crippen LogP contribution in [-0.2, 0) is 0 Å². The molecule has 0 saturated heterocycles. The number of para-hydroxylation sites is 1. The Bertz CT molecular complexity index is 608. The van der Waals surface area contributed by atoms with Crippen molar-refractivity contribution in [3.05, 3.63) is 58.7 Å². The van der Waals surface area contributed by atoms with E-state index in [4.69, 9.17) is 15.2 Å². The van der Waals surface area contributed by atoms with Gasteiger partial charge in [0.25, 0.3) is 0 Å². The second-order valence-corrected chi connectivity index (χ2v) is 4.90. The van der Waals surface area contributed by atoms with E-state index in [1.807, 2.05) is 44.2 Å². The van der Waals surface area contributed by atoms with Crippen LogP contribution >= 0.6 is 0 Å². The number of ether oxygens (including phenoxy) is 2. The van der Waals surface area contributed by atoms with E-state index in [-0.39, 0.29) is 6.04 Å². The summed E-state index contributed by atoms with van der Waals surface area (Å²) in [5.41, 5.74) is 10.7. The number of hydrogen-bond donors (Lipinski definition) is 1. The molecule has 0 amide bonds. The van der Waals surface area contributed by atoms with E-state index < -0.39 is 0 Å². The Morgan fingerprint density at radius 2 is 1.50 bits per heavy atom. The number of nitrogens with two attached hydrogens (primary N) is 1. The van der Waals surface area contributed by atoms with Gasteiger partial charge >= 0.3 is 0 Å². The molecule has 0 radical (unpaired) electrons. The Morgan fingerprint density at radius 1 is 0.850 bits per heavy atom. The molecule has 2 N–H and O–H groups in total. The van der Waals surface area contributed by atoms with Crippen molar-refractivity contribution >= 4 is 0 Å². The number of rotatable bonds is 4. The smallest absolute Gasteiger partial charge is 0.123 e. The Kier molecular flexibility index (Phi) is 4.30. The Hall–Kier alpha value is -2.00. The summed E-state index contributed by atoms with van der Waals surface area (Å²) in [6.07, 6.45) is 0. The maximum atomic E-state index is 6.43. The fraction of sp³-hybridized carbons (Fsp3) is 0.294. The zero-order valence-corrected chi connectivity index (χ0v) is 12.4. The summed E-state index contributed by atoms with van der Waals surface area (Å²) in [5.74, 6) is 1.70. The zero-order valence-electron chi connectivity index (χ0n) is 12.4. The van der Waals surface area contributed by atoms with Crippen molar-refractivity contribution in [1.82, 2.24) is 0 Å². The topological polar surface area (TPSA) is 44.5 Å². The molecular weight excluding hydrogens is 250 g/mol. The van der Waals surface area contributed by atoms with Crippen LogP contribution in [0.25, 0.3) is 0 Å². The van der Waals surface area contributed by atoms with Crippen molar-refractivity contribution in [3.63, 3.8) is 0 Å². The lowest BCUT2D eigenvalue weighted by Crippen LogP contribution is -2.14. The molecule has 0 aromatic heterocycles. The number of aryl methyl sites for hydroxylation is 2. The van der Waals surface area contributed by atoms with E-state index in [0.29, 0.717) is 0 Å². The van der Waals surface area contributed by atoms with Crippen molar-refractivity contribution in [2.75, 3.05) is 14.2 Å². The van der Waals surface area contributed by atoms with Crippen LogP contribution in [-0.4, -0.2) is 14.2 Å². The molecule has 0 aliphatic rings. The molecule has 3 nitrogen and oxygen atoms in total. The lowest BCUT2D eigenvalue weighted by Gasteiger charge is -2.19. The molecule has 2 aromatic carbocycles. The zero-order chi connectivity index (χ0) is 14.7. The number of benzene rings is 2. The van der Waals surface area contributed by atoms with Gasteiger partial charge in [-0.2, -0.15) is 0 Å². The molecule has 20 heavy (non-hydrogen) atoms. The predicted octanol–water partition coefficient (Wildman–Crippen LogP) is 3.37. The van der Waals surface area contributed by atoms with Crippen molar-refractivity contribution in [3.8, 4) is 11.5 Å². The minimum absolute atomic E-state index is 0.212. The number of hydrogen-bond acceptors (Lipinski definition) is 3. The Morgan fingerprint density at radius 3 is 2.15 bits per heavy atom. The van der Waals surface area contributed by atoms with Crippen molar-refractivity contribution < 1.29 is 9.47 Å². The molecule has 0 fully saturated rings. The second kappa shape index (κ2) is 5.97. The van der Waals surface area contributed by atoms with Gasteiger partial charge in [-0.3, -0.25) is 0 Å². The highest BCUT2D eigenvalue weighted by Crippen LogP contribution is 2.32. The summed E-state index contributed by atoms with van der Waals surface area (Å²) in [6, 6.07) is 11.8. The van der Waals surface area contributed by atoms with Gasteiger partial charge in [0, 0.05) is 5.56 Å². The summed E-state index contributed by atoms with van der Waals surface area (Å²) in [5, 5.41) is 0. The normalized spacial score (nSPS) is 12.1. The van der Waals surface area contributed by atoms with Crippen LogP contribution in [0.4, 0.5) is 0 Å². The molecule has 106 valence electrons. The molecular formula is C17H21NO2. The largest absolute Gasteiger partial charge is 0.496 e. The maximum absolute atomic E-state index is 6.43. The molecule has 0 saturated carbocycles. The monoisotopic (exact) mass is 271 g/mol. The van der Waals surface area contributed by atoms with Gasteiger partial charge in [0.2, 0.25) is 0 Å². The first-order chi connectivity index (χ1) is 9.58. The quantitative estimate of drug-likeness (QED) is 0.927. The highest BCUT2D eigenvalue weighted by Gasteiger charge is 2.17. The van der Waals surface area contributed by atoms with E-state index in [0.717, 1.165) is 33.8 Å². The lowest BCUT2D eigenvalue weighted by atomic mass is 9.93. The molecule has 0 aliphatic carbocycles. The summed E-state index contributed by atoms with van der Waals surface area (Å²) in [6.45, 7) is 4.07. The van der Waals surface area contributed by atoms with Crippen molar-refractivity contribution in [1.29, 1.82) is 0 Å². The third-order valence-corrected chi connectivity index (χ3v) is 3.59. The SMILES string of the molecule is COc1cc(C)c(C(N)c2ccccc2OC)cc1C. The van der Waals surface area contributed by atoms with Gasteiger partial charge in [-0.25, -0.2) is 0 Å². The van der Waals surface area contributed by atoms with Gasteiger partial charge in [-0.15, -0.1) is 0 Å². The average Bonchev–Trinajstić information content (AvgIpc) is 2.48. The van der Waals surface area contributed by atoms with E-state index in [1.54, 1.807) is 14.2 Å². The van der Waals surface area contributed by atoms with Gasteiger partial charge in [-0.1, -0.05) is 24.3 Å². The fourth-order valence-corrected chi connectivity index (χ4v) is 2.46. The molecule has 2 rings (SSSR count). The average molecular weight is 271 g/mol. The van der Waals surface area contributed by atoms with Crippen molar-refractivity contribution in [2.24, 2.45) is 5.73 Å². The van der Waals surface area contributed by atoms with E-state index in [2.05, 4.69) is 6.07 Å². The molecule has 3 heteroatoms. The lowest BCUT2D eigenvalue weighted by molar-refractivity contribution is 0.407. The van der Waals surface area contributed by atoms with Gasteiger partial charge in [0.15, 0.2) is 0 Å². The Labute approximate surface area is 120 Å². The molecule has 0 spiro atoms. The first-order valence-corrected chi connectivity index (χ1v) is 6.62. The summed E-state index contributed by atoms with van der Waals surface area (Å²) >= 11 is 0. The molecule has 1 atom stereocenters. The first kappa shape index (κ1) is 14.4. The first-order valence-electron chi connectivity index (χ1n) is 6.62. The van der Waals surface area contributed by atoms with E-state index in [9.17, 15) is 0 Å². The maximum Gasteiger partial charge on any atom is 0.123 e. The molecule has 2 aromatic rings. The van der Waals surface area contributed by atoms with Crippen LogP contribution in [0.1, 0.15) is 28.3 Å². The highest BCUT2D eigenvalue weighted by atomic mass is 16.5. The molecule has 0 bridgehead atoms. The van der Waals surface area contributed by atoms with Crippen LogP contribution in [0.2, 0.25) is 0 Å². The van der Waals surface area contributed by atoms with Gasteiger partial charge < -0.3 is 15.2 Å². The van der Waals surface area contributed by atoms with Gasteiger partial charge in [-0.05, 0) is 42.7 Å². The Balaban J connectivity index is 2.48. The third kappa shape index (κ3) is 2.63. The minimum atomic E-state index is -0.212. The van der Waals surface area contributed by atoms with Crippen LogP contribution < -0.4 is 15.2 Å². The van der Waals surface area contributed by atoms with E-state index >= 15 is 0 Å². The van der Waals surface area contributed by atoms with Crippen LogP contribution in [0.5, 0.6) is 11.5 Å². The minimum Gasteiger partial charge on any atom is -0.496 e. The standard InChI is InChI=1S/C17H21NO2/c1-11-10-16(20-4)12(2)9-14(11)17(18)13-7-5-6-8-15(13)19-3/h5-10,17H,18H2,1-4H3. The summed E-state index contributed by atoms with van der Waals surface area (Å²) < 4.78 is 10.7. The van der Waals surface area contributed by atoms with Crippen molar-refractivity contribution in [2.45, 2.75) is 19.9 Å².